The Bertz CT molecular complexity index is 348. The van der Waals surface area contributed by atoms with E-state index in [1.54, 1.807) is 0 Å². The molecule has 0 aliphatic carbocycles. The summed E-state index contributed by atoms with van der Waals surface area (Å²) in [5.41, 5.74) is 7.67. The standard InChI is InChI=1S/C15H27N3/c1-6-13(16)14(12-9-8-10-17-11-12)18(5)15(3,4)7-2/h8-11,13-14H,6-7,16H2,1-5H3. The fourth-order valence-corrected chi connectivity index (χ4v) is 2.16. The quantitative estimate of drug-likeness (QED) is 0.842. The average molecular weight is 249 g/mol. The zero-order chi connectivity index (χ0) is 13.8. The fraction of sp³-hybridized carbons (Fsp3) is 0.667. The van der Waals surface area contributed by atoms with Crippen LogP contribution in [0, 0.1) is 0 Å². The van der Waals surface area contributed by atoms with Crippen LogP contribution in [0.1, 0.15) is 52.1 Å². The van der Waals surface area contributed by atoms with Gasteiger partial charge in [0.2, 0.25) is 0 Å². The molecule has 102 valence electrons. The van der Waals surface area contributed by atoms with E-state index in [9.17, 15) is 0 Å². The Balaban J connectivity index is 3.07. The zero-order valence-corrected chi connectivity index (χ0v) is 12.4. The highest BCUT2D eigenvalue weighted by atomic mass is 15.2. The number of hydrogen-bond acceptors (Lipinski definition) is 3. The molecule has 3 heteroatoms. The van der Waals surface area contributed by atoms with Crippen LogP contribution >= 0.6 is 0 Å². The lowest BCUT2D eigenvalue weighted by Gasteiger charge is -2.43. The first-order valence-corrected chi connectivity index (χ1v) is 6.82. The van der Waals surface area contributed by atoms with Gasteiger partial charge in [-0.15, -0.1) is 0 Å². The molecule has 0 saturated carbocycles. The first kappa shape index (κ1) is 15.1. The maximum Gasteiger partial charge on any atom is 0.0516 e. The Morgan fingerprint density at radius 1 is 1.39 bits per heavy atom. The van der Waals surface area contributed by atoms with Crippen molar-refractivity contribution in [1.29, 1.82) is 0 Å². The number of aromatic nitrogens is 1. The fourth-order valence-electron chi connectivity index (χ4n) is 2.16. The van der Waals surface area contributed by atoms with Crippen molar-refractivity contribution in [1.82, 2.24) is 9.88 Å². The molecule has 2 unspecified atom stereocenters. The Labute approximate surface area is 111 Å². The van der Waals surface area contributed by atoms with Gasteiger partial charge in [-0.25, -0.2) is 0 Å². The maximum absolute atomic E-state index is 6.33. The normalized spacial score (nSPS) is 15.7. The van der Waals surface area contributed by atoms with E-state index >= 15 is 0 Å². The minimum atomic E-state index is 0.130. The average Bonchev–Trinajstić information content (AvgIpc) is 2.39. The lowest BCUT2D eigenvalue weighted by molar-refractivity contribution is 0.0804. The van der Waals surface area contributed by atoms with Crippen molar-refractivity contribution in [3.63, 3.8) is 0 Å². The van der Waals surface area contributed by atoms with Crippen LogP contribution in [0.25, 0.3) is 0 Å². The zero-order valence-electron chi connectivity index (χ0n) is 12.4. The Kier molecular flexibility index (Phi) is 5.29. The molecule has 0 amide bonds. The van der Waals surface area contributed by atoms with Crippen LogP contribution in [-0.4, -0.2) is 28.5 Å². The molecule has 0 radical (unpaired) electrons. The predicted molar refractivity (Wildman–Crippen MR) is 77.4 cm³/mol. The summed E-state index contributed by atoms with van der Waals surface area (Å²) in [5, 5.41) is 0. The molecule has 0 aliphatic heterocycles. The summed E-state index contributed by atoms with van der Waals surface area (Å²) < 4.78 is 0. The van der Waals surface area contributed by atoms with Crippen molar-refractivity contribution < 1.29 is 0 Å². The second kappa shape index (κ2) is 6.30. The van der Waals surface area contributed by atoms with Gasteiger partial charge in [-0.3, -0.25) is 9.88 Å². The van der Waals surface area contributed by atoms with Gasteiger partial charge in [0.05, 0.1) is 6.04 Å². The molecule has 0 fully saturated rings. The predicted octanol–water partition coefficient (Wildman–Crippen LogP) is 2.98. The second-order valence-corrected chi connectivity index (χ2v) is 5.58. The van der Waals surface area contributed by atoms with E-state index in [4.69, 9.17) is 5.73 Å². The van der Waals surface area contributed by atoms with Crippen LogP contribution in [0.2, 0.25) is 0 Å². The van der Waals surface area contributed by atoms with Crippen LogP contribution in [0.5, 0.6) is 0 Å². The van der Waals surface area contributed by atoms with Crippen LogP contribution in [0.15, 0.2) is 24.5 Å². The van der Waals surface area contributed by atoms with E-state index in [2.05, 4.69) is 50.7 Å². The van der Waals surface area contributed by atoms with E-state index < -0.39 is 0 Å². The van der Waals surface area contributed by atoms with Crippen LogP contribution in [0.4, 0.5) is 0 Å². The van der Waals surface area contributed by atoms with Gasteiger partial charge in [0.15, 0.2) is 0 Å². The molecule has 0 bridgehead atoms. The number of hydrogen-bond donors (Lipinski definition) is 1. The van der Waals surface area contributed by atoms with Crippen molar-refractivity contribution in [3.8, 4) is 0 Å². The van der Waals surface area contributed by atoms with Gasteiger partial charge in [0, 0.05) is 24.0 Å². The summed E-state index contributed by atoms with van der Waals surface area (Å²) in [6, 6.07) is 4.45. The number of rotatable bonds is 6. The highest BCUT2D eigenvalue weighted by molar-refractivity contribution is 5.17. The van der Waals surface area contributed by atoms with Crippen LogP contribution in [-0.2, 0) is 0 Å². The molecule has 1 heterocycles. The molecule has 0 aromatic carbocycles. The van der Waals surface area contributed by atoms with Gasteiger partial charge in [-0.1, -0.05) is 19.9 Å². The summed E-state index contributed by atoms with van der Waals surface area (Å²) in [7, 11) is 2.16. The molecule has 1 aromatic heterocycles. The van der Waals surface area contributed by atoms with Crippen molar-refractivity contribution in [3.05, 3.63) is 30.1 Å². The van der Waals surface area contributed by atoms with Crippen molar-refractivity contribution in [2.75, 3.05) is 7.05 Å². The van der Waals surface area contributed by atoms with Gasteiger partial charge in [0.25, 0.3) is 0 Å². The molecule has 18 heavy (non-hydrogen) atoms. The van der Waals surface area contributed by atoms with E-state index in [1.165, 1.54) is 5.56 Å². The van der Waals surface area contributed by atoms with Crippen molar-refractivity contribution in [2.45, 2.75) is 58.2 Å². The number of nitrogens with zero attached hydrogens (tertiary/aromatic N) is 2. The van der Waals surface area contributed by atoms with Gasteiger partial charge in [-0.2, -0.15) is 0 Å². The third kappa shape index (κ3) is 3.30. The molecular formula is C15H27N3. The summed E-state index contributed by atoms with van der Waals surface area (Å²) in [4.78, 5) is 6.62. The lowest BCUT2D eigenvalue weighted by Crippen LogP contribution is -2.48. The molecule has 0 spiro atoms. The van der Waals surface area contributed by atoms with Crippen LogP contribution in [0.3, 0.4) is 0 Å². The van der Waals surface area contributed by atoms with E-state index in [0.717, 1.165) is 12.8 Å². The molecule has 2 atom stereocenters. The maximum atomic E-state index is 6.33. The van der Waals surface area contributed by atoms with E-state index in [-0.39, 0.29) is 17.6 Å². The summed E-state index contributed by atoms with van der Waals surface area (Å²) in [6.07, 6.45) is 5.80. The van der Waals surface area contributed by atoms with Gasteiger partial charge in [0.1, 0.15) is 0 Å². The Hall–Kier alpha value is -0.930. The van der Waals surface area contributed by atoms with Crippen LogP contribution < -0.4 is 5.73 Å². The summed E-state index contributed by atoms with van der Waals surface area (Å²) in [5.74, 6) is 0. The minimum absolute atomic E-state index is 0.130. The van der Waals surface area contributed by atoms with Gasteiger partial charge < -0.3 is 5.73 Å². The smallest absolute Gasteiger partial charge is 0.0516 e. The topological polar surface area (TPSA) is 42.1 Å². The summed E-state index contributed by atoms with van der Waals surface area (Å²) >= 11 is 0. The lowest BCUT2D eigenvalue weighted by atomic mass is 9.91. The third-order valence-electron chi connectivity index (χ3n) is 4.14. The highest BCUT2D eigenvalue weighted by Gasteiger charge is 2.32. The van der Waals surface area contributed by atoms with Crippen molar-refractivity contribution in [2.24, 2.45) is 5.73 Å². The first-order valence-electron chi connectivity index (χ1n) is 6.82. The largest absolute Gasteiger partial charge is 0.326 e. The summed E-state index contributed by atoms with van der Waals surface area (Å²) in [6.45, 7) is 8.88. The Morgan fingerprint density at radius 3 is 2.50 bits per heavy atom. The minimum Gasteiger partial charge on any atom is -0.326 e. The van der Waals surface area contributed by atoms with Gasteiger partial charge in [-0.05, 0) is 45.4 Å². The highest BCUT2D eigenvalue weighted by Crippen LogP contribution is 2.31. The number of nitrogens with two attached hydrogens (primary N) is 1. The van der Waals surface area contributed by atoms with E-state index in [1.807, 2.05) is 18.5 Å². The molecule has 0 aliphatic rings. The monoisotopic (exact) mass is 249 g/mol. The van der Waals surface area contributed by atoms with Gasteiger partial charge >= 0.3 is 0 Å². The molecular weight excluding hydrogens is 222 g/mol. The number of likely N-dealkylation sites (N-methyl/N-ethyl adjacent to an activating group) is 1. The molecule has 3 nitrogen and oxygen atoms in total. The third-order valence-corrected chi connectivity index (χ3v) is 4.14. The molecule has 1 aromatic rings. The Morgan fingerprint density at radius 2 is 2.06 bits per heavy atom. The van der Waals surface area contributed by atoms with Crippen molar-refractivity contribution >= 4 is 0 Å². The first-order chi connectivity index (χ1) is 8.44. The SMILES string of the molecule is CCC(N)C(c1cccnc1)N(C)C(C)(C)CC. The molecule has 0 saturated heterocycles. The molecule has 2 N–H and O–H groups in total. The second-order valence-electron chi connectivity index (χ2n) is 5.58. The number of pyridine rings is 1. The van der Waals surface area contributed by atoms with E-state index in [0.29, 0.717) is 0 Å². The molecule has 1 rings (SSSR count).